The maximum absolute atomic E-state index is 4.91. The first-order valence-electron chi connectivity index (χ1n) is 11.4. The molecule has 0 aromatic carbocycles. The molecule has 1 N–H and O–H groups in total. The van der Waals surface area contributed by atoms with Gasteiger partial charge in [0.25, 0.3) is 0 Å². The topological polar surface area (TPSA) is 50.2 Å². The van der Waals surface area contributed by atoms with Crippen LogP contribution in [0.15, 0.2) is 29.4 Å². The Bertz CT molecular complexity index is 590. The van der Waals surface area contributed by atoms with E-state index in [1.165, 1.54) is 45.7 Å². The zero-order valence-corrected chi connectivity index (χ0v) is 18.4. The Morgan fingerprint density at radius 2 is 1.72 bits per heavy atom. The van der Waals surface area contributed by atoms with E-state index >= 15 is 0 Å². The summed E-state index contributed by atoms with van der Waals surface area (Å²) in [4.78, 5) is 19.3. The molecule has 1 aromatic heterocycles. The Labute approximate surface area is 176 Å². The molecule has 0 bridgehead atoms. The standard InChI is InChI=1S/C22H39N7/c1-3-23-22(25-11-7-8-12-27-15-13-26(4-2)14-16-27)29-19-17-28(18-20-29)21-9-5-6-10-24-21/h5-6,9-10H,3-4,7-8,11-20H2,1-2H3,(H,23,25). The highest BCUT2D eigenvalue weighted by molar-refractivity contribution is 5.80. The number of anilines is 1. The van der Waals surface area contributed by atoms with Crippen LogP contribution in [0.2, 0.25) is 0 Å². The summed E-state index contributed by atoms with van der Waals surface area (Å²) >= 11 is 0. The molecule has 3 heterocycles. The van der Waals surface area contributed by atoms with Crippen molar-refractivity contribution >= 4 is 11.8 Å². The van der Waals surface area contributed by atoms with Crippen LogP contribution >= 0.6 is 0 Å². The Morgan fingerprint density at radius 3 is 2.38 bits per heavy atom. The van der Waals surface area contributed by atoms with E-state index in [1.54, 1.807) is 0 Å². The van der Waals surface area contributed by atoms with Gasteiger partial charge in [-0.1, -0.05) is 13.0 Å². The molecule has 3 rings (SSSR count). The maximum atomic E-state index is 4.91. The third kappa shape index (κ3) is 6.85. The monoisotopic (exact) mass is 401 g/mol. The lowest BCUT2D eigenvalue weighted by atomic mass is 10.2. The van der Waals surface area contributed by atoms with Crippen molar-refractivity contribution in [3.05, 3.63) is 24.4 Å². The smallest absolute Gasteiger partial charge is 0.194 e. The zero-order chi connectivity index (χ0) is 20.3. The Kier molecular flexibility index (Phi) is 9.02. The maximum Gasteiger partial charge on any atom is 0.194 e. The van der Waals surface area contributed by atoms with E-state index < -0.39 is 0 Å². The summed E-state index contributed by atoms with van der Waals surface area (Å²) in [5.74, 6) is 2.15. The number of hydrogen-bond donors (Lipinski definition) is 1. The number of nitrogens with one attached hydrogen (secondary N) is 1. The molecule has 7 heteroatoms. The molecule has 2 fully saturated rings. The normalized spacial score (nSPS) is 19.6. The van der Waals surface area contributed by atoms with Crippen LogP contribution in [0, 0.1) is 0 Å². The summed E-state index contributed by atoms with van der Waals surface area (Å²) in [6.45, 7) is 17.5. The Hall–Kier alpha value is -1.86. The van der Waals surface area contributed by atoms with Crippen molar-refractivity contribution in [3.63, 3.8) is 0 Å². The molecule has 1 aromatic rings. The number of unbranched alkanes of at least 4 members (excludes halogenated alkanes) is 1. The SMILES string of the molecule is CCNC(=NCCCCN1CCN(CC)CC1)N1CCN(c2ccccn2)CC1. The third-order valence-corrected chi connectivity index (χ3v) is 5.94. The van der Waals surface area contributed by atoms with Gasteiger partial charge in [0.2, 0.25) is 0 Å². The van der Waals surface area contributed by atoms with Crippen LogP contribution in [0.1, 0.15) is 26.7 Å². The van der Waals surface area contributed by atoms with Gasteiger partial charge in [-0.05, 0) is 45.0 Å². The van der Waals surface area contributed by atoms with Gasteiger partial charge in [-0.3, -0.25) is 4.99 Å². The second-order valence-electron chi connectivity index (χ2n) is 7.88. The van der Waals surface area contributed by atoms with Gasteiger partial charge in [0.15, 0.2) is 5.96 Å². The molecule has 0 aliphatic carbocycles. The fourth-order valence-electron chi connectivity index (χ4n) is 4.08. The number of hydrogen-bond acceptors (Lipinski definition) is 5. The molecule has 0 amide bonds. The molecule has 2 aliphatic rings. The minimum absolute atomic E-state index is 0.914. The molecule has 2 aliphatic heterocycles. The van der Waals surface area contributed by atoms with Gasteiger partial charge in [-0.2, -0.15) is 0 Å². The van der Waals surface area contributed by atoms with E-state index in [-0.39, 0.29) is 0 Å². The lowest BCUT2D eigenvalue weighted by molar-refractivity contribution is 0.136. The molecular formula is C22H39N7. The number of rotatable bonds is 8. The molecule has 0 radical (unpaired) electrons. The van der Waals surface area contributed by atoms with Gasteiger partial charge in [0.05, 0.1) is 0 Å². The molecule has 0 spiro atoms. The minimum Gasteiger partial charge on any atom is -0.357 e. The average Bonchev–Trinajstić information content (AvgIpc) is 2.79. The average molecular weight is 402 g/mol. The second kappa shape index (κ2) is 12.0. The molecule has 162 valence electrons. The lowest BCUT2D eigenvalue weighted by Crippen LogP contribution is -2.52. The number of pyridine rings is 1. The highest BCUT2D eigenvalue weighted by atomic mass is 15.4. The number of likely N-dealkylation sites (N-methyl/N-ethyl adjacent to an activating group) is 1. The second-order valence-corrected chi connectivity index (χ2v) is 7.88. The number of nitrogens with zero attached hydrogens (tertiary/aromatic N) is 6. The van der Waals surface area contributed by atoms with Crippen LogP contribution in [0.3, 0.4) is 0 Å². The molecule has 0 saturated carbocycles. The molecule has 7 nitrogen and oxygen atoms in total. The predicted molar refractivity (Wildman–Crippen MR) is 122 cm³/mol. The predicted octanol–water partition coefficient (Wildman–Crippen LogP) is 1.59. The lowest BCUT2D eigenvalue weighted by Gasteiger charge is -2.37. The van der Waals surface area contributed by atoms with E-state index in [1.807, 2.05) is 12.3 Å². The summed E-state index contributed by atoms with van der Waals surface area (Å²) < 4.78 is 0. The molecule has 0 unspecified atom stereocenters. The van der Waals surface area contributed by atoms with Crippen molar-refractivity contribution in [3.8, 4) is 0 Å². The van der Waals surface area contributed by atoms with Gasteiger partial charge >= 0.3 is 0 Å². The first kappa shape index (κ1) is 21.8. The van der Waals surface area contributed by atoms with E-state index in [4.69, 9.17) is 4.99 Å². The zero-order valence-electron chi connectivity index (χ0n) is 18.4. The molecule has 29 heavy (non-hydrogen) atoms. The van der Waals surface area contributed by atoms with E-state index in [0.29, 0.717) is 0 Å². The van der Waals surface area contributed by atoms with Crippen molar-refractivity contribution in [1.29, 1.82) is 0 Å². The van der Waals surface area contributed by atoms with E-state index in [9.17, 15) is 0 Å². The first-order chi connectivity index (χ1) is 14.3. The first-order valence-corrected chi connectivity index (χ1v) is 11.4. The Balaban J connectivity index is 1.37. The van der Waals surface area contributed by atoms with Gasteiger partial charge in [0, 0.05) is 71.6 Å². The van der Waals surface area contributed by atoms with Crippen LogP contribution < -0.4 is 10.2 Å². The Morgan fingerprint density at radius 1 is 0.966 bits per heavy atom. The van der Waals surface area contributed by atoms with Gasteiger partial charge in [0.1, 0.15) is 5.82 Å². The molecular weight excluding hydrogens is 362 g/mol. The van der Waals surface area contributed by atoms with Crippen molar-refractivity contribution in [1.82, 2.24) is 25.0 Å². The van der Waals surface area contributed by atoms with Gasteiger partial charge in [-0.15, -0.1) is 0 Å². The van der Waals surface area contributed by atoms with Crippen molar-refractivity contribution in [2.45, 2.75) is 26.7 Å². The van der Waals surface area contributed by atoms with Gasteiger partial charge < -0.3 is 24.9 Å². The summed E-state index contributed by atoms with van der Waals surface area (Å²) in [5.41, 5.74) is 0. The van der Waals surface area contributed by atoms with E-state index in [2.05, 4.69) is 55.9 Å². The number of guanidine groups is 1. The fraction of sp³-hybridized carbons (Fsp3) is 0.727. The van der Waals surface area contributed by atoms with Crippen LogP contribution in [0.4, 0.5) is 5.82 Å². The third-order valence-electron chi connectivity index (χ3n) is 5.94. The fourth-order valence-corrected chi connectivity index (χ4v) is 4.08. The van der Waals surface area contributed by atoms with Crippen LogP contribution in [0.25, 0.3) is 0 Å². The van der Waals surface area contributed by atoms with Crippen LogP contribution in [0.5, 0.6) is 0 Å². The highest BCUT2D eigenvalue weighted by Gasteiger charge is 2.20. The van der Waals surface area contributed by atoms with Crippen LogP contribution in [-0.2, 0) is 0 Å². The molecule has 0 atom stereocenters. The largest absolute Gasteiger partial charge is 0.357 e. The summed E-state index contributed by atoms with van der Waals surface area (Å²) in [5, 5.41) is 3.48. The minimum atomic E-state index is 0.914. The summed E-state index contributed by atoms with van der Waals surface area (Å²) in [6, 6.07) is 6.13. The molecule has 2 saturated heterocycles. The van der Waals surface area contributed by atoms with Crippen molar-refractivity contribution in [2.75, 3.05) is 83.4 Å². The number of aromatic nitrogens is 1. The number of aliphatic imine (C=N–C) groups is 1. The number of piperazine rings is 2. The van der Waals surface area contributed by atoms with Crippen LogP contribution in [-0.4, -0.2) is 104 Å². The van der Waals surface area contributed by atoms with E-state index in [0.717, 1.165) is 57.5 Å². The van der Waals surface area contributed by atoms with Gasteiger partial charge in [-0.25, -0.2) is 4.98 Å². The summed E-state index contributed by atoms with van der Waals surface area (Å²) in [6.07, 6.45) is 4.27. The van der Waals surface area contributed by atoms with Crippen molar-refractivity contribution < 1.29 is 0 Å². The quantitative estimate of drug-likeness (QED) is 0.406. The van der Waals surface area contributed by atoms with Crippen molar-refractivity contribution in [2.24, 2.45) is 4.99 Å². The summed E-state index contributed by atoms with van der Waals surface area (Å²) in [7, 11) is 0. The highest BCUT2D eigenvalue weighted by Crippen LogP contribution is 2.12.